The van der Waals surface area contributed by atoms with Crippen LogP contribution >= 0.6 is 15.9 Å². The second kappa shape index (κ2) is 6.70. The van der Waals surface area contributed by atoms with E-state index in [0.29, 0.717) is 9.99 Å². The van der Waals surface area contributed by atoms with Crippen LogP contribution in [-0.2, 0) is 13.5 Å². The molecule has 2 aromatic heterocycles. The number of aromatic nitrogens is 4. The molecule has 4 aromatic rings. The van der Waals surface area contributed by atoms with Gasteiger partial charge in [-0.25, -0.2) is 18.7 Å². The van der Waals surface area contributed by atoms with Gasteiger partial charge < -0.3 is 4.57 Å². The number of carbonyl (C=O) groups excluding carboxylic acids is 1. The summed E-state index contributed by atoms with van der Waals surface area (Å²) in [6, 6.07) is 6.13. The molecule has 0 unspecified atom stereocenters. The van der Waals surface area contributed by atoms with E-state index in [1.165, 1.54) is 35.7 Å². The molecule has 8 heteroatoms. The van der Waals surface area contributed by atoms with E-state index in [-0.39, 0.29) is 28.6 Å². The van der Waals surface area contributed by atoms with Crippen LogP contribution in [0.25, 0.3) is 11.0 Å². The first-order chi connectivity index (χ1) is 13.0. The van der Waals surface area contributed by atoms with Crippen LogP contribution in [-0.4, -0.2) is 25.0 Å². The number of halogens is 3. The number of fused-ring (bicyclic) bond motifs is 1. The van der Waals surface area contributed by atoms with Gasteiger partial charge in [-0.3, -0.25) is 9.36 Å². The van der Waals surface area contributed by atoms with Crippen LogP contribution in [0, 0.1) is 11.6 Å². The number of imidazole rings is 2. The maximum Gasteiger partial charge on any atom is 0.263 e. The molecule has 0 N–H and O–H groups in total. The molecule has 0 aliphatic carbocycles. The smallest absolute Gasteiger partial charge is 0.263 e. The Balaban J connectivity index is 1.92. The van der Waals surface area contributed by atoms with Gasteiger partial charge in [0.25, 0.3) is 5.91 Å². The molecule has 0 bridgehead atoms. The zero-order valence-electron chi connectivity index (χ0n) is 14.2. The minimum absolute atomic E-state index is 0.0762. The summed E-state index contributed by atoms with van der Waals surface area (Å²) in [5.74, 6) is -1.55. The maximum absolute atomic E-state index is 15.3. The molecule has 0 fully saturated rings. The van der Waals surface area contributed by atoms with Gasteiger partial charge in [0.05, 0.1) is 11.8 Å². The molecule has 27 heavy (non-hydrogen) atoms. The number of rotatable bonds is 3. The molecule has 5 nitrogen and oxygen atoms in total. The molecule has 0 atom stereocenters. The molecule has 4 rings (SSSR count). The predicted octanol–water partition coefficient (Wildman–Crippen LogP) is 4.09. The van der Waals surface area contributed by atoms with Crippen LogP contribution in [0.3, 0.4) is 0 Å². The monoisotopic (exact) mass is 430 g/mol. The Morgan fingerprint density at radius 1 is 1.22 bits per heavy atom. The lowest BCUT2D eigenvalue weighted by atomic mass is 9.97. The van der Waals surface area contributed by atoms with Gasteiger partial charge in [0.1, 0.15) is 17.7 Å². The van der Waals surface area contributed by atoms with E-state index in [2.05, 4.69) is 25.9 Å². The van der Waals surface area contributed by atoms with Crippen LogP contribution in [0.4, 0.5) is 8.78 Å². The number of hydrogen-bond donors (Lipinski definition) is 0. The number of hydrogen-bond acceptors (Lipinski definition) is 3. The Kier molecular flexibility index (Phi) is 4.35. The van der Waals surface area contributed by atoms with Gasteiger partial charge >= 0.3 is 0 Å². The predicted molar refractivity (Wildman–Crippen MR) is 99.5 cm³/mol. The average Bonchev–Trinajstić information content (AvgIpc) is 3.29. The fraction of sp³-hybridized carbons (Fsp3) is 0.105. The van der Waals surface area contributed by atoms with Crippen LogP contribution in [0.5, 0.6) is 0 Å². The molecular weight excluding hydrogens is 418 g/mol. The zero-order chi connectivity index (χ0) is 19.1. The van der Waals surface area contributed by atoms with E-state index in [1.807, 2.05) is 0 Å². The van der Waals surface area contributed by atoms with Gasteiger partial charge in [-0.2, -0.15) is 0 Å². The molecule has 2 aromatic carbocycles. The molecule has 0 radical (unpaired) electrons. The Labute approximate surface area is 161 Å². The lowest BCUT2D eigenvalue weighted by molar-refractivity contribution is 0.0958. The molecular formula is C19H13BrF2N4O. The van der Waals surface area contributed by atoms with Crippen molar-refractivity contribution in [3.05, 3.63) is 82.1 Å². The highest BCUT2D eigenvalue weighted by molar-refractivity contribution is 9.10. The topological polar surface area (TPSA) is 52.7 Å². The number of aryl methyl sites for hydroxylation is 1. The highest BCUT2D eigenvalue weighted by Gasteiger charge is 2.23. The summed E-state index contributed by atoms with van der Waals surface area (Å²) in [5.41, 5.74) is 1.15. The quantitative estimate of drug-likeness (QED) is 0.491. The van der Waals surface area contributed by atoms with Crippen molar-refractivity contribution in [2.75, 3.05) is 0 Å². The third-order valence-corrected chi connectivity index (χ3v) is 4.91. The van der Waals surface area contributed by atoms with Gasteiger partial charge in [-0.05, 0) is 23.8 Å². The number of carbonyl (C=O) groups is 1. The van der Waals surface area contributed by atoms with Crippen LogP contribution in [0.15, 0.2) is 53.8 Å². The molecule has 0 aliphatic heterocycles. The summed E-state index contributed by atoms with van der Waals surface area (Å²) in [6.07, 6.45) is 5.69. The summed E-state index contributed by atoms with van der Waals surface area (Å²) in [6.45, 7) is 0. The van der Waals surface area contributed by atoms with E-state index in [1.54, 1.807) is 29.8 Å². The first-order valence-corrected chi connectivity index (χ1v) is 8.84. The average molecular weight is 431 g/mol. The highest BCUT2D eigenvalue weighted by Crippen LogP contribution is 2.28. The van der Waals surface area contributed by atoms with Gasteiger partial charge in [-0.1, -0.05) is 22.0 Å². The maximum atomic E-state index is 15.3. The Morgan fingerprint density at radius 3 is 2.74 bits per heavy atom. The lowest BCUT2D eigenvalue weighted by Gasteiger charge is -2.12. The molecule has 0 spiro atoms. The van der Waals surface area contributed by atoms with E-state index in [4.69, 9.17) is 0 Å². The summed E-state index contributed by atoms with van der Waals surface area (Å²) in [4.78, 5) is 20.9. The van der Waals surface area contributed by atoms with Gasteiger partial charge in [0, 0.05) is 41.5 Å². The lowest BCUT2D eigenvalue weighted by Crippen LogP contribution is -2.15. The first kappa shape index (κ1) is 17.5. The molecule has 0 amide bonds. The van der Waals surface area contributed by atoms with Crippen molar-refractivity contribution in [1.29, 1.82) is 0 Å². The van der Waals surface area contributed by atoms with Crippen LogP contribution < -0.4 is 0 Å². The molecule has 2 heterocycles. The van der Waals surface area contributed by atoms with Crippen molar-refractivity contribution >= 4 is 32.9 Å². The van der Waals surface area contributed by atoms with E-state index < -0.39 is 17.5 Å². The van der Waals surface area contributed by atoms with Crippen molar-refractivity contribution in [1.82, 2.24) is 19.1 Å². The summed E-state index contributed by atoms with van der Waals surface area (Å²) in [7, 11) is 1.72. The number of nitrogens with zero attached hydrogens (tertiary/aromatic N) is 4. The van der Waals surface area contributed by atoms with Crippen molar-refractivity contribution in [2.45, 2.75) is 6.42 Å². The van der Waals surface area contributed by atoms with E-state index in [9.17, 15) is 9.18 Å². The first-order valence-electron chi connectivity index (χ1n) is 8.04. The fourth-order valence-corrected chi connectivity index (χ4v) is 3.33. The normalized spacial score (nSPS) is 11.3. The fourth-order valence-electron chi connectivity index (χ4n) is 3.00. The Hall–Kier alpha value is -2.87. The largest absolute Gasteiger partial charge is 0.334 e. The van der Waals surface area contributed by atoms with E-state index >= 15 is 4.39 Å². The van der Waals surface area contributed by atoms with Crippen molar-refractivity contribution in [2.24, 2.45) is 7.05 Å². The van der Waals surface area contributed by atoms with Gasteiger partial charge in [0.2, 0.25) is 0 Å². The Bertz CT molecular complexity index is 1170. The molecule has 0 saturated carbocycles. The molecule has 0 saturated heterocycles. The van der Waals surface area contributed by atoms with E-state index in [0.717, 1.165) is 0 Å². The highest BCUT2D eigenvalue weighted by atomic mass is 79.9. The van der Waals surface area contributed by atoms with Crippen molar-refractivity contribution in [3.8, 4) is 0 Å². The summed E-state index contributed by atoms with van der Waals surface area (Å²) < 4.78 is 33.1. The van der Waals surface area contributed by atoms with Gasteiger partial charge in [0.15, 0.2) is 5.82 Å². The standard InChI is InChI=1S/C19H13BrF2N4O/c1-25-10-24-18-16(25)8-14(19(27)26-5-4-23-9-26)13(17(18)22)6-11-2-3-12(20)7-15(11)21/h2-5,7-10H,6H2,1H3. The third kappa shape index (κ3) is 3.06. The molecule has 0 aliphatic rings. The molecule has 136 valence electrons. The van der Waals surface area contributed by atoms with Crippen molar-refractivity contribution < 1.29 is 13.6 Å². The second-order valence-corrected chi connectivity index (χ2v) is 7.04. The zero-order valence-corrected chi connectivity index (χ0v) is 15.7. The van der Waals surface area contributed by atoms with Crippen LogP contribution in [0.1, 0.15) is 21.5 Å². The number of benzene rings is 2. The Morgan fingerprint density at radius 2 is 2.04 bits per heavy atom. The second-order valence-electron chi connectivity index (χ2n) is 6.13. The minimum atomic E-state index is -0.626. The minimum Gasteiger partial charge on any atom is -0.334 e. The van der Waals surface area contributed by atoms with Gasteiger partial charge in [-0.15, -0.1) is 0 Å². The third-order valence-electron chi connectivity index (χ3n) is 4.41. The SMILES string of the molecule is Cn1cnc2c(F)c(Cc3ccc(Br)cc3F)c(C(=O)n3ccnc3)cc21. The summed E-state index contributed by atoms with van der Waals surface area (Å²) in [5, 5.41) is 0. The summed E-state index contributed by atoms with van der Waals surface area (Å²) >= 11 is 3.20. The van der Waals surface area contributed by atoms with Crippen LogP contribution in [0.2, 0.25) is 0 Å². The van der Waals surface area contributed by atoms with Crippen molar-refractivity contribution in [3.63, 3.8) is 0 Å².